The molecule has 59 heavy (non-hydrogen) atoms. The molecule has 2 heterocycles. The van der Waals surface area contributed by atoms with Gasteiger partial charge in [0.15, 0.2) is 5.82 Å². The number of fused-ring (bicyclic) bond motifs is 2. The molecule has 0 spiro atoms. The Balaban J connectivity index is 0.960. The van der Waals surface area contributed by atoms with Gasteiger partial charge in [0.1, 0.15) is 17.3 Å². The normalized spacial score (nSPS) is 19.6. The standard InChI is InChI=1S/C48H52N4O7/c1-27(2)52-43-21-17-37(59-35-14-9-32(10-15-35)48(56)57)26-41(43)49-44(52)24-30-6-18-38(28(3)22-30)39-19-11-33(23-29(39)4)45(53)46-50-40-25-36(16-20-42(40)51(46)5)58-34-12-7-31(8-13-34)47(54)55/h6,11,16-23,25-27,31-32,34-35H,7-10,12-15,24H2,1-5H3,(H,54,55)(H,56,57)/t31-,32-,34+,35+. The predicted octanol–water partition coefficient (Wildman–Crippen LogP) is 9.65. The van der Waals surface area contributed by atoms with Crippen molar-refractivity contribution in [3.05, 3.63) is 107 Å². The van der Waals surface area contributed by atoms with Crippen LogP contribution in [0.5, 0.6) is 11.5 Å². The molecule has 0 amide bonds. The monoisotopic (exact) mass is 796 g/mol. The van der Waals surface area contributed by atoms with E-state index < -0.39 is 11.9 Å². The molecule has 0 aliphatic heterocycles. The zero-order chi connectivity index (χ0) is 41.5. The van der Waals surface area contributed by atoms with Crippen LogP contribution in [-0.2, 0) is 23.1 Å². The zero-order valence-corrected chi connectivity index (χ0v) is 34.4. The van der Waals surface area contributed by atoms with E-state index in [1.54, 1.807) is 0 Å². The van der Waals surface area contributed by atoms with Crippen molar-refractivity contribution in [2.24, 2.45) is 18.9 Å². The van der Waals surface area contributed by atoms with Crippen LogP contribution >= 0.6 is 0 Å². The van der Waals surface area contributed by atoms with Crippen molar-refractivity contribution < 1.29 is 34.1 Å². The zero-order valence-electron chi connectivity index (χ0n) is 34.4. The number of benzene rings is 4. The molecule has 2 aliphatic carbocycles. The maximum Gasteiger partial charge on any atom is 0.306 e. The van der Waals surface area contributed by atoms with Gasteiger partial charge in [0.2, 0.25) is 5.78 Å². The summed E-state index contributed by atoms with van der Waals surface area (Å²) in [6.45, 7) is 8.49. The minimum Gasteiger partial charge on any atom is -0.490 e. The second kappa shape index (κ2) is 16.4. The van der Waals surface area contributed by atoms with Crippen LogP contribution < -0.4 is 9.47 Å². The molecule has 6 aromatic rings. The van der Waals surface area contributed by atoms with Crippen LogP contribution in [0.3, 0.4) is 0 Å². The van der Waals surface area contributed by atoms with E-state index in [1.807, 2.05) is 67.1 Å². The summed E-state index contributed by atoms with van der Waals surface area (Å²) in [7, 11) is 1.85. The van der Waals surface area contributed by atoms with Crippen molar-refractivity contribution in [1.29, 1.82) is 0 Å². The summed E-state index contributed by atoms with van der Waals surface area (Å²) in [6, 6.07) is 24.3. The van der Waals surface area contributed by atoms with Gasteiger partial charge in [-0.2, -0.15) is 0 Å². The van der Waals surface area contributed by atoms with Gasteiger partial charge in [0.05, 0.1) is 46.1 Å². The highest BCUT2D eigenvalue weighted by Gasteiger charge is 2.29. The Bertz CT molecular complexity index is 2570. The highest BCUT2D eigenvalue weighted by atomic mass is 16.5. The molecule has 0 radical (unpaired) electrons. The summed E-state index contributed by atoms with van der Waals surface area (Å²) in [5.74, 6) is 0.583. The SMILES string of the molecule is Cc1cc(Cc2nc3cc(O[C@H]4CC[C@@H](C(=O)O)CC4)ccc3n2C(C)C)ccc1-c1ccc(C(=O)c2nc3cc(O[C@H]4CC[C@@H](C(=O)O)CC4)ccc3n2C)cc1C. The van der Waals surface area contributed by atoms with Gasteiger partial charge in [0.25, 0.3) is 0 Å². The number of aryl methyl sites for hydroxylation is 3. The Kier molecular flexibility index (Phi) is 11.0. The highest BCUT2D eigenvalue weighted by Crippen LogP contribution is 2.34. The molecular formula is C48H52N4O7. The third-order valence-electron chi connectivity index (χ3n) is 12.4. The largest absolute Gasteiger partial charge is 0.490 e. The average molecular weight is 797 g/mol. The molecular weight excluding hydrogens is 745 g/mol. The summed E-state index contributed by atoms with van der Waals surface area (Å²) in [4.78, 5) is 46.5. The molecule has 0 atom stereocenters. The lowest BCUT2D eigenvalue weighted by molar-refractivity contribution is -0.144. The van der Waals surface area contributed by atoms with Gasteiger partial charge >= 0.3 is 11.9 Å². The van der Waals surface area contributed by atoms with Gasteiger partial charge in [-0.05, 0) is 137 Å². The Morgan fingerprint density at radius 2 is 1.20 bits per heavy atom. The number of rotatable bonds is 12. The van der Waals surface area contributed by atoms with Crippen LogP contribution in [0.2, 0.25) is 0 Å². The van der Waals surface area contributed by atoms with Gasteiger partial charge in [-0.3, -0.25) is 14.4 Å². The molecule has 0 unspecified atom stereocenters. The van der Waals surface area contributed by atoms with E-state index in [-0.39, 0.29) is 35.9 Å². The lowest BCUT2D eigenvalue weighted by Crippen LogP contribution is -2.27. The lowest BCUT2D eigenvalue weighted by atomic mass is 9.87. The van der Waals surface area contributed by atoms with E-state index in [0.29, 0.717) is 67.6 Å². The molecule has 2 aromatic heterocycles. The number of ether oxygens (including phenoxy) is 2. The van der Waals surface area contributed by atoms with Crippen LogP contribution in [-0.4, -0.2) is 59.2 Å². The third kappa shape index (κ3) is 8.20. The van der Waals surface area contributed by atoms with Crippen molar-refractivity contribution in [3.63, 3.8) is 0 Å². The van der Waals surface area contributed by atoms with Gasteiger partial charge in [-0.25, -0.2) is 9.97 Å². The molecule has 2 fully saturated rings. The van der Waals surface area contributed by atoms with Crippen LogP contribution in [0.1, 0.15) is 110 Å². The molecule has 2 saturated carbocycles. The average Bonchev–Trinajstić information content (AvgIpc) is 3.74. The van der Waals surface area contributed by atoms with E-state index in [4.69, 9.17) is 19.4 Å². The van der Waals surface area contributed by atoms with Gasteiger partial charge < -0.3 is 28.8 Å². The number of hydrogen-bond donors (Lipinski definition) is 2. The lowest BCUT2D eigenvalue weighted by Gasteiger charge is -2.26. The molecule has 0 bridgehead atoms. The summed E-state index contributed by atoms with van der Waals surface area (Å²) < 4.78 is 16.6. The second-order valence-corrected chi connectivity index (χ2v) is 16.8. The van der Waals surface area contributed by atoms with E-state index in [9.17, 15) is 24.6 Å². The van der Waals surface area contributed by atoms with Crippen LogP contribution in [0.15, 0.2) is 72.8 Å². The van der Waals surface area contributed by atoms with Crippen molar-refractivity contribution in [2.75, 3.05) is 0 Å². The first-order chi connectivity index (χ1) is 28.3. The Morgan fingerprint density at radius 3 is 1.73 bits per heavy atom. The Labute approximate surface area is 344 Å². The molecule has 2 aliphatic rings. The number of aliphatic carboxylic acids is 2. The predicted molar refractivity (Wildman–Crippen MR) is 226 cm³/mol. The summed E-state index contributed by atoms with van der Waals surface area (Å²) in [5, 5.41) is 18.7. The van der Waals surface area contributed by atoms with E-state index in [2.05, 4.69) is 49.6 Å². The summed E-state index contributed by atoms with van der Waals surface area (Å²) in [5.41, 5.74) is 9.46. The maximum absolute atomic E-state index is 13.9. The van der Waals surface area contributed by atoms with E-state index in [0.717, 1.165) is 68.8 Å². The number of hydrogen-bond acceptors (Lipinski definition) is 7. The van der Waals surface area contributed by atoms with Gasteiger partial charge in [-0.1, -0.05) is 30.3 Å². The number of carbonyl (C=O) groups excluding carboxylic acids is 1. The molecule has 8 rings (SSSR count). The number of imidazole rings is 2. The van der Waals surface area contributed by atoms with Gasteiger partial charge in [0, 0.05) is 37.2 Å². The van der Waals surface area contributed by atoms with E-state index in [1.165, 1.54) is 0 Å². The minimum atomic E-state index is -0.736. The topological polar surface area (TPSA) is 146 Å². The number of carbonyl (C=O) groups is 3. The maximum atomic E-state index is 13.9. The number of carboxylic acids is 2. The molecule has 11 nitrogen and oxygen atoms in total. The number of aromatic nitrogens is 4. The van der Waals surface area contributed by atoms with Gasteiger partial charge in [-0.15, -0.1) is 0 Å². The first kappa shape index (κ1) is 39.8. The van der Waals surface area contributed by atoms with E-state index >= 15 is 0 Å². The number of nitrogens with zero attached hydrogens (tertiary/aromatic N) is 4. The number of carboxylic acid groups (broad SMARTS) is 2. The minimum absolute atomic E-state index is 0.0132. The second-order valence-electron chi connectivity index (χ2n) is 16.8. The van der Waals surface area contributed by atoms with Crippen LogP contribution in [0, 0.1) is 25.7 Å². The van der Waals surface area contributed by atoms with Crippen LogP contribution in [0.25, 0.3) is 33.2 Å². The number of ketones is 1. The quantitative estimate of drug-likeness (QED) is 0.116. The molecule has 2 N–H and O–H groups in total. The summed E-state index contributed by atoms with van der Waals surface area (Å²) in [6.07, 6.45) is 6.00. The Morgan fingerprint density at radius 1 is 0.678 bits per heavy atom. The fourth-order valence-electron chi connectivity index (χ4n) is 9.16. The first-order valence-electron chi connectivity index (χ1n) is 20.8. The first-order valence-corrected chi connectivity index (χ1v) is 20.8. The van der Waals surface area contributed by atoms with Crippen molar-refractivity contribution >= 4 is 39.8 Å². The van der Waals surface area contributed by atoms with Crippen molar-refractivity contribution in [1.82, 2.24) is 19.1 Å². The fourth-order valence-corrected chi connectivity index (χ4v) is 9.16. The molecule has 0 saturated heterocycles. The third-order valence-corrected chi connectivity index (χ3v) is 12.4. The molecule has 306 valence electrons. The highest BCUT2D eigenvalue weighted by molar-refractivity contribution is 6.08. The smallest absolute Gasteiger partial charge is 0.306 e. The summed E-state index contributed by atoms with van der Waals surface area (Å²) >= 11 is 0. The van der Waals surface area contributed by atoms with Crippen molar-refractivity contribution in [2.45, 2.75) is 104 Å². The molecule has 11 heteroatoms. The fraction of sp³-hybridized carbons (Fsp3) is 0.396. The molecule has 4 aromatic carbocycles. The Hall–Kier alpha value is -5.97. The van der Waals surface area contributed by atoms with Crippen molar-refractivity contribution in [3.8, 4) is 22.6 Å². The van der Waals surface area contributed by atoms with Crippen LogP contribution in [0.4, 0.5) is 0 Å².